The van der Waals surface area contributed by atoms with E-state index < -0.39 is 0 Å². The minimum absolute atomic E-state index is 0.603. The van der Waals surface area contributed by atoms with Gasteiger partial charge < -0.3 is 0 Å². The fourth-order valence-corrected chi connectivity index (χ4v) is 3.05. The van der Waals surface area contributed by atoms with Gasteiger partial charge in [-0.3, -0.25) is 4.79 Å². The van der Waals surface area contributed by atoms with E-state index in [-0.39, 0.29) is 0 Å². The van der Waals surface area contributed by atoms with Crippen LogP contribution in [0.4, 0.5) is 0 Å². The number of hydrogen-bond acceptors (Lipinski definition) is 3. The number of hydrogen-bond donors (Lipinski definition) is 0. The fraction of sp³-hybridized carbons (Fsp3) is 0.0588. The third-order valence-electron chi connectivity index (χ3n) is 3.12. The summed E-state index contributed by atoms with van der Waals surface area (Å²) in [6.45, 7) is 2.03. The van der Waals surface area contributed by atoms with Crippen molar-refractivity contribution in [2.45, 2.75) is 16.8 Å². The summed E-state index contributed by atoms with van der Waals surface area (Å²) in [6.07, 6.45) is 0.852. The summed E-state index contributed by atoms with van der Waals surface area (Å²) in [5.41, 5.74) is 2.65. The number of aryl methyl sites for hydroxylation is 1. The molecule has 104 valence electrons. The summed E-state index contributed by atoms with van der Waals surface area (Å²) in [4.78, 5) is 16.9. The van der Waals surface area contributed by atoms with Gasteiger partial charge in [-0.2, -0.15) is 0 Å². The van der Waals surface area contributed by atoms with Gasteiger partial charge in [0.2, 0.25) is 0 Å². The van der Waals surface area contributed by atoms with E-state index in [0.717, 1.165) is 27.6 Å². The maximum Gasteiger partial charge on any atom is 0.152 e. The van der Waals surface area contributed by atoms with E-state index >= 15 is 0 Å². The molecule has 0 aliphatic rings. The van der Waals surface area contributed by atoms with Crippen LogP contribution < -0.4 is 0 Å². The van der Waals surface area contributed by atoms with E-state index in [9.17, 15) is 4.79 Å². The Morgan fingerprint density at radius 1 is 1.10 bits per heavy atom. The average Bonchev–Trinajstić information content (AvgIpc) is 2.49. The van der Waals surface area contributed by atoms with Crippen molar-refractivity contribution in [3.05, 3.63) is 64.7 Å². The third kappa shape index (κ3) is 3.09. The van der Waals surface area contributed by atoms with Gasteiger partial charge in [0.1, 0.15) is 5.03 Å². The molecule has 0 aliphatic heterocycles. The summed E-state index contributed by atoms with van der Waals surface area (Å²) in [5.74, 6) is 0. The second kappa shape index (κ2) is 5.88. The number of pyridine rings is 1. The average molecular weight is 314 g/mol. The first-order valence-electron chi connectivity index (χ1n) is 6.46. The number of rotatable bonds is 3. The summed E-state index contributed by atoms with van der Waals surface area (Å²) in [6, 6.07) is 15.4. The van der Waals surface area contributed by atoms with Crippen LogP contribution >= 0.6 is 23.4 Å². The van der Waals surface area contributed by atoms with Crippen molar-refractivity contribution >= 4 is 40.6 Å². The lowest BCUT2D eigenvalue weighted by molar-refractivity contribution is 0.112. The Kier molecular flexibility index (Phi) is 3.95. The quantitative estimate of drug-likeness (QED) is 0.625. The first-order chi connectivity index (χ1) is 10.2. The van der Waals surface area contributed by atoms with Gasteiger partial charge in [-0.15, -0.1) is 0 Å². The number of halogens is 1. The maximum absolute atomic E-state index is 11.3. The number of carbonyl (C=O) groups excluding carboxylic acids is 1. The van der Waals surface area contributed by atoms with Gasteiger partial charge in [0, 0.05) is 20.9 Å². The Morgan fingerprint density at radius 3 is 2.57 bits per heavy atom. The highest BCUT2D eigenvalue weighted by Crippen LogP contribution is 2.31. The second-order valence-corrected chi connectivity index (χ2v) is 6.25. The number of aldehydes is 1. The molecule has 0 radical (unpaired) electrons. The molecule has 0 aliphatic carbocycles. The van der Waals surface area contributed by atoms with Crippen LogP contribution in [0.15, 0.2) is 58.5 Å². The van der Waals surface area contributed by atoms with Crippen molar-refractivity contribution in [1.29, 1.82) is 0 Å². The normalized spacial score (nSPS) is 10.8. The maximum atomic E-state index is 11.3. The van der Waals surface area contributed by atoms with Gasteiger partial charge >= 0.3 is 0 Å². The van der Waals surface area contributed by atoms with Gasteiger partial charge in [0.15, 0.2) is 6.29 Å². The Hall–Kier alpha value is -1.84. The van der Waals surface area contributed by atoms with Crippen molar-refractivity contribution in [2.75, 3.05) is 0 Å². The summed E-state index contributed by atoms with van der Waals surface area (Å²) in [7, 11) is 0. The zero-order valence-electron chi connectivity index (χ0n) is 11.3. The molecule has 0 atom stereocenters. The van der Waals surface area contributed by atoms with Crippen molar-refractivity contribution in [3.8, 4) is 0 Å². The molecule has 3 aromatic rings. The number of fused-ring (bicyclic) bond motifs is 1. The molecule has 0 fully saturated rings. The zero-order valence-corrected chi connectivity index (χ0v) is 12.9. The molecule has 2 aromatic carbocycles. The molecule has 3 rings (SSSR count). The molecule has 1 heterocycles. The monoisotopic (exact) mass is 313 g/mol. The lowest BCUT2D eigenvalue weighted by atomic mass is 10.1. The van der Waals surface area contributed by atoms with Crippen LogP contribution in [-0.2, 0) is 0 Å². The van der Waals surface area contributed by atoms with E-state index in [0.29, 0.717) is 15.6 Å². The minimum Gasteiger partial charge on any atom is -0.298 e. The van der Waals surface area contributed by atoms with E-state index in [2.05, 4.69) is 4.98 Å². The lowest BCUT2D eigenvalue weighted by Crippen LogP contribution is -1.92. The van der Waals surface area contributed by atoms with Gasteiger partial charge in [-0.1, -0.05) is 35.5 Å². The molecule has 0 amide bonds. The number of aromatic nitrogens is 1. The van der Waals surface area contributed by atoms with E-state index in [1.165, 1.54) is 11.8 Å². The molecule has 1 aromatic heterocycles. The molecule has 4 heteroatoms. The molecular formula is C17H12ClNOS. The van der Waals surface area contributed by atoms with Crippen LogP contribution in [0.2, 0.25) is 5.02 Å². The van der Waals surface area contributed by atoms with Crippen LogP contribution in [0, 0.1) is 6.92 Å². The number of carbonyl (C=O) groups is 1. The molecule has 0 saturated carbocycles. The van der Waals surface area contributed by atoms with Gasteiger partial charge in [-0.25, -0.2) is 4.98 Å². The van der Waals surface area contributed by atoms with E-state index in [1.54, 1.807) is 0 Å². The highest BCUT2D eigenvalue weighted by atomic mass is 35.5. The summed E-state index contributed by atoms with van der Waals surface area (Å²) >= 11 is 7.35. The molecule has 2 nitrogen and oxygen atoms in total. The Balaban J connectivity index is 2.07. The van der Waals surface area contributed by atoms with Gasteiger partial charge in [0.05, 0.1) is 5.52 Å². The highest BCUT2D eigenvalue weighted by Gasteiger charge is 2.08. The predicted octanol–water partition coefficient (Wildman–Crippen LogP) is 5.16. The molecular weight excluding hydrogens is 302 g/mol. The zero-order chi connectivity index (χ0) is 14.8. The lowest BCUT2D eigenvalue weighted by Gasteiger charge is -2.07. The second-order valence-electron chi connectivity index (χ2n) is 4.75. The van der Waals surface area contributed by atoms with Gasteiger partial charge in [-0.05, 0) is 48.9 Å². The molecule has 0 N–H and O–H groups in total. The van der Waals surface area contributed by atoms with Crippen LogP contribution in [0.1, 0.15) is 15.9 Å². The minimum atomic E-state index is 0.603. The Morgan fingerprint density at radius 2 is 1.86 bits per heavy atom. The van der Waals surface area contributed by atoms with Crippen molar-refractivity contribution in [1.82, 2.24) is 4.98 Å². The molecule has 0 saturated heterocycles. The molecule has 0 spiro atoms. The van der Waals surface area contributed by atoms with Crippen molar-refractivity contribution < 1.29 is 4.79 Å². The van der Waals surface area contributed by atoms with Crippen LogP contribution in [0.25, 0.3) is 10.9 Å². The van der Waals surface area contributed by atoms with E-state index in [1.807, 2.05) is 55.5 Å². The largest absolute Gasteiger partial charge is 0.298 e. The van der Waals surface area contributed by atoms with Crippen LogP contribution in [0.3, 0.4) is 0 Å². The smallest absolute Gasteiger partial charge is 0.152 e. The van der Waals surface area contributed by atoms with E-state index in [4.69, 9.17) is 11.6 Å². The predicted molar refractivity (Wildman–Crippen MR) is 87.4 cm³/mol. The standard InChI is InChI=1S/C17H12ClNOS/c1-11-2-3-12-9-13(10-20)17(19-16(12)8-11)21-15-6-4-14(18)5-7-15/h2-10H,1H3. The van der Waals surface area contributed by atoms with Crippen LogP contribution in [-0.4, -0.2) is 11.3 Å². The first-order valence-corrected chi connectivity index (χ1v) is 7.65. The Bertz CT molecular complexity index is 815. The SMILES string of the molecule is Cc1ccc2cc(C=O)c(Sc3ccc(Cl)cc3)nc2c1. The van der Waals surface area contributed by atoms with Gasteiger partial charge in [0.25, 0.3) is 0 Å². The summed E-state index contributed by atoms with van der Waals surface area (Å²) < 4.78 is 0. The van der Waals surface area contributed by atoms with Crippen molar-refractivity contribution in [2.24, 2.45) is 0 Å². The van der Waals surface area contributed by atoms with Crippen molar-refractivity contribution in [3.63, 3.8) is 0 Å². The highest BCUT2D eigenvalue weighted by molar-refractivity contribution is 7.99. The fourth-order valence-electron chi connectivity index (χ4n) is 2.06. The number of nitrogens with zero attached hydrogens (tertiary/aromatic N) is 1. The summed E-state index contributed by atoms with van der Waals surface area (Å²) in [5, 5.41) is 2.38. The molecule has 21 heavy (non-hydrogen) atoms. The molecule has 0 unspecified atom stereocenters. The van der Waals surface area contributed by atoms with Crippen LogP contribution in [0.5, 0.6) is 0 Å². The number of benzene rings is 2. The molecule has 0 bridgehead atoms. The first kappa shape index (κ1) is 14.1. The Labute approximate surface area is 132 Å². The third-order valence-corrected chi connectivity index (χ3v) is 4.40. The topological polar surface area (TPSA) is 30.0 Å².